The molecule has 0 radical (unpaired) electrons. The Morgan fingerprint density at radius 1 is 1.03 bits per heavy atom. The first-order valence-electron chi connectivity index (χ1n) is 10.5. The molecule has 0 saturated carbocycles. The maximum atomic E-state index is 12.4. The van der Waals surface area contributed by atoms with E-state index in [0.29, 0.717) is 18.9 Å². The van der Waals surface area contributed by atoms with Gasteiger partial charge in [-0.05, 0) is 61.8 Å². The summed E-state index contributed by atoms with van der Waals surface area (Å²) in [7, 11) is 0. The van der Waals surface area contributed by atoms with Gasteiger partial charge < -0.3 is 15.5 Å². The molecule has 2 aromatic carbocycles. The number of hydrogen-bond acceptors (Lipinski definition) is 2. The van der Waals surface area contributed by atoms with Crippen LogP contribution in [0.5, 0.6) is 0 Å². The fourth-order valence-corrected chi connectivity index (χ4v) is 3.76. The van der Waals surface area contributed by atoms with Crippen molar-refractivity contribution in [2.75, 3.05) is 25.0 Å². The number of hydrogen-bond donors (Lipinski definition) is 2. The quantitative estimate of drug-likeness (QED) is 0.733. The number of nitrogens with zero attached hydrogens (tertiary/aromatic N) is 1. The number of aryl methyl sites for hydroxylation is 2. The van der Waals surface area contributed by atoms with E-state index in [1.807, 2.05) is 54.3 Å². The first-order chi connectivity index (χ1) is 14.1. The van der Waals surface area contributed by atoms with Crippen LogP contribution in [0.15, 0.2) is 54.6 Å². The van der Waals surface area contributed by atoms with E-state index in [9.17, 15) is 9.59 Å². The molecular formula is C24H31N3O2. The van der Waals surface area contributed by atoms with Gasteiger partial charge in [0, 0.05) is 31.7 Å². The maximum absolute atomic E-state index is 12.4. The zero-order valence-corrected chi connectivity index (χ0v) is 17.2. The predicted molar refractivity (Wildman–Crippen MR) is 117 cm³/mol. The normalized spacial score (nSPS) is 14.4. The third-order valence-corrected chi connectivity index (χ3v) is 5.53. The lowest BCUT2D eigenvalue weighted by Crippen LogP contribution is -2.41. The lowest BCUT2D eigenvalue weighted by Gasteiger charge is -2.32. The van der Waals surface area contributed by atoms with Gasteiger partial charge in [-0.2, -0.15) is 0 Å². The SMILES string of the molecule is Cc1cccc(NC(=O)N2CCC(CCNC(=O)CCc3ccccc3)CC2)c1. The van der Waals surface area contributed by atoms with E-state index in [1.54, 1.807) is 0 Å². The summed E-state index contributed by atoms with van der Waals surface area (Å²) in [5, 5.41) is 6.02. The number of anilines is 1. The molecule has 0 bridgehead atoms. The summed E-state index contributed by atoms with van der Waals surface area (Å²) in [6.45, 7) is 4.27. The van der Waals surface area contributed by atoms with Crippen LogP contribution in [-0.2, 0) is 11.2 Å². The fourth-order valence-electron chi connectivity index (χ4n) is 3.76. The molecule has 0 atom stereocenters. The molecule has 5 nitrogen and oxygen atoms in total. The average Bonchev–Trinajstić information content (AvgIpc) is 2.73. The Morgan fingerprint density at radius 3 is 2.52 bits per heavy atom. The van der Waals surface area contributed by atoms with Crippen molar-refractivity contribution < 1.29 is 9.59 Å². The second kappa shape index (κ2) is 10.6. The zero-order valence-electron chi connectivity index (χ0n) is 17.2. The van der Waals surface area contributed by atoms with Crippen LogP contribution >= 0.6 is 0 Å². The average molecular weight is 394 g/mol. The summed E-state index contributed by atoms with van der Waals surface area (Å²) < 4.78 is 0. The topological polar surface area (TPSA) is 61.4 Å². The van der Waals surface area contributed by atoms with E-state index in [-0.39, 0.29) is 11.9 Å². The summed E-state index contributed by atoms with van der Waals surface area (Å²) in [6, 6.07) is 17.9. The van der Waals surface area contributed by atoms with E-state index in [2.05, 4.69) is 22.8 Å². The van der Waals surface area contributed by atoms with Crippen LogP contribution in [0, 0.1) is 12.8 Å². The van der Waals surface area contributed by atoms with E-state index in [1.165, 1.54) is 5.56 Å². The van der Waals surface area contributed by atoms with Crippen LogP contribution < -0.4 is 10.6 Å². The van der Waals surface area contributed by atoms with Crippen molar-refractivity contribution in [3.63, 3.8) is 0 Å². The van der Waals surface area contributed by atoms with Gasteiger partial charge in [0.1, 0.15) is 0 Å². The molecule has 0 aliphatic carbocycles. The van der Waals surface area contributed by atoms with Crippen LogP contribution in [0.2, 0.25) is 0 Å². The molecule has 1 fully saturated rings. The zero-order chi connectivity index (χ0) is 20.5. The van der Waals surface area contributed by atoms with E-state index in [0.717, 1.165) is 50.0 Å². The molecule has 0 unspecified atom stereocenters. The van der Waals surface area contributed by atoms with Crippen molar-refractivity contribution in [2.45, 2.75) is 39.0 Å². The van der Waals surface area contributed by atoms with Crippen LogP contribution in [0.1, 0.15) is 36.8 Å². The molecule has 2 aromatic rings. The predicted octanol–water partition coefficient (Wildman–Crippen LogP) is 4.38. The van der Waals surface area contributed by atoms with Crippen molar-refractivity contribution in [1.82, 2.24) is 10.2 Å². The number of amides is 3. The third-order valence-electron chi connectivity index (χ3n) is 5.53. The lowest BCUT2D eigenvalue weighted by atomic mass is 9.93. The number of benzene rings is 2. The molecule has 5 heteroatoms. The summed E-state index contributed by atoms with van der Waals surface area (Å²) in [5.41, 5.74) is 3.17. The van der Waals surface area contributed by atoms with Crippen molar-refractivity contribution >= 4 is 17.6 Å². The number of nitrogens with one attached hydrogen (secondary N) is 2. The highest BCUT2D eigenvalue weighted by atomic mass is 16.2. The molecule has 1 saturated heterocycles. The molecule has 1 aliphatic rings. The summed E-state index contributed by atoms with van der Waals surface area (Å²) in [5.74, 6) is 0.677. The van der Waals surface area contributed by atoms with Crippen LogP contribution in [0.3, 0.4) is 0 Å². The molecule has 0 spiro atoms. The standard InChI is InChI=1S/C24H31N3O2/c1-19-6-5-9-22(18-19)26-24(29)27-16-13-21(14-17-27)12-15-25-23(28)11-10-20-7-3-2-4-8-20/h2-9,18,21H,10-17H2,1H3,(H,25,28)(H,26,29). The first-order valence-corrected chi connectivity index (χ1v) is 10.5. The number of piperidine rings is 1. The fraction of sp³-hybridized carbons (Fsp3) is 0.417. The van der Waals surface area contributed by atoms with Gasteiger partial charge >= 0.3 is 6.03 Å². The molecule has 1 heterocycles. The Bertz CT molecular complexity index is 799. The highest BCUT2D eigenvalue weighted by Gasteiger charge is 2.22. The van der Waals surface area contributed by atoms with Gasteiger partial charge in [0.15, 0.2) is 0 Å². The van der Waals surface area contributed by atoms with Gasteiger partial charge in [0.25, 0.3) is 0 Å². The van der Waals surface area contributed by atoms with Gasteiger partial charge in [-0.3, -0.25) is 4.79 Å². The van der Waals surface area contributed by atoms with E-state index < -0.39 is 0 Å². The second-order valence-electron chi connectivity index (χ2n) is 7.85. The lowest BCUT2D eigenvalue weighted by molar-refractivity contribution is -0.121. The smallest absolute Gasteiger partial charge is 0.321 e. The molecular weight excluding hydrogens is 362 g/mol. The summed E-state index contributed by atoms with van der Waals surface area (Å²) in [6.07, 6.45) is 4.26. The van der Waals surface area contributed by atoms with Crippen LogP contribution in [0.4, 0.5) is 10.5 Å². The Labute approximate surface area is 173 Å². The van der Waals surface area contributed by atoms with Gasteiger partial charge in [-0.1, -0.05) is 42.5 Å². The molecule has 3 amide bonds. The van der Waals surface area contributed by atoms with E-state index >= 15 is 0 Å². The van der Waals surface area contributed by atoms with Crippen LogP contribution in [-0.4, -0.2) is 36.5 Å². The van der Waals surface area contributed by atoms with Gasteiger partial charge in [-0.15, -0.1) is 0 Å². The molecule has 2 N–H and O–H groups in total. The van der Waals surface area contributed by atoms with Crippen molar-refractivity contribution in [3.05, 3.63) is 65.7 Å². The van der Waals surface area contributed by atoms with Crippen molar-refractivity contribution in [3.8, 4) is 0 Å². The number of rotatable bonds is 7. The monoisotopic (exact) mass is 393 g/mol. The minimum atomic E-state index is -0.0248. The van der Waals surface area contributed by atoms with Gasteiger partial charge in [0.2, 0.25) is 5.91 Å². The maximum Gasteiger partial charge on any atom is 0.321 e. The van der Waals surface area contributed by atoms with Crippen molar-refractivity contribution in [1.29, 1.82) is 0 Å². The van der Waals surface area contributed by atoms with E-state index in [4.69, 9.17) is 0 Å². The third kappa shape index (κ3) is 6.93. The number of likely N-dealkylation sites (tertiary alicyclic amines) is 1. The Kier molecular flexibility index (Phi) is 7.68. The molecule has 154 valence electrons. The number of carbonyl (C=O) groups is 2. The number of urea groups is 1. The van der Waals surface area contributed by atoms with Gasteiger partial charge in [-0.25, -0.2) is 4.79 Å². The molecule has 29 heavy (non-hydrogen) atoms. The minimum absolute atomic E-state index is 0.0248. The van der Waals surface area contributed by atoms with Crippen LogP contribution in [0.25, 0.3) is 0 Å². The highest BCUT2D eigenvalue weighted by molar-refractivity contribution is 5.89. The number of carbonyl (C=O) groups excluding carboxylic acids is 2. The summed E-state index contributed by atoms with van der Waals surface area (Å²) in [4.78, 5) is 26.3. The van der Waals surface area contributed by atoms with Gasteiger partial charge in [0.05, 0.1) is 0 Å². The molecule has 3 rings (SSSR count). The largest absolute Gasteiger partial charge is 0.356 e. The first kappa shape index (κ1) is 20.9. The van der Waals surface area contributed by atoms with Crippen molar-refractivity contribution in [2.24, 2.45) is 5.92 Å². The molecule has 0 aromatic heterocycles. The Morgan fingerprint density at radius 2 is 1.79 bits per heavy atom. The second-order valence-corrected chi connectivity index (χ2v) is 7.85. The Balaban J connectivity index is 1.30. The Hall–Kier alpha value is -2.82. The summed E-state index contributed by atoms with van der Waals surface area (Å²) >= 11 is 0. The highest BCUT2D eigenvalue weighted by Crippen LogP contribution is 2.21. The minimum Gasteiger partial charge on any atom is -0.356 e. The molecule has 1 aliphatic heterocycles.